The van der Waals surface area contributed by atoms with Crippen molar-refractivity contribution in [3.05, 3.63) is 47.2 Å². The summed E-state index contributed by atoms with van der Waals surface area (Å²) in [5.41, 5.74) is 3.03. The Kier molecular flexibility index (Phi) is 4.71. The maximum atomic E-state index is 10.8. The lowest BCUT2D eigenvalue weighted by atomic mass is 9.97. The minimum Gasteiger partial charge on any atom is -0.479 e. The number of aromatic nitrogens is 2. The van der Waals surface area contributed by atoms with Crippen molar-refractivity contribution in [3.63, 3.8) is 0 Å². The van der Waals surface area contributed by atoms with Crippen LogP contribution in [0.1, 0.15) is 29.7 Å². The highest BCUT2D eigenvalue weighted by atomic mass is 16.5. The first-order valence-corrected chi connectivity index (χ1v) is 7.74. The van der Waals surface area contributed by atoms with Crippen LogP contribution in [0, 0.1) is 0 Å². The highest BCUT2D eigenvalue weighted by Crippen LogP contribution is 2.28. The van der Waals surface area contributed by atoms with E-state index in [-0.39, 0.29) is 6.61 Å². The molecular formula is C17H19N3O3. The van der Waals surface area contributed by atoms with Gasteiger partial charge in [-0.1, -0.05) is 30.3 Å². The molecule has 1 aliphatic rings. The average Bonchev–Trinajstić information content (AvgIpc) is 2.58. The van der Waals surface area contributed by atoms with E-state index in [2.05, 4.69) is 15.3 Å². The van der Waals surface area contributed by atoms with Crippen molar-refractivity contribution in [2.45, 2.75) is 32.2 Å². The third kappa shape index (κ3) is 3.97. The molecule has 0 radical (unpaired) electrons. The number of aliphatic carboxylic acids is 1. The summed E-state index contributed by atoms with van der Waals surface area (Å²) in [5.74, 6) is -0.130. The van der Waals surface area contributed by atoms with Gasteiger partial charge in [-0.15, -0.1) is 0 Å². The van der Waals surface area contributed by atoms with Crippen molar-refractivity contribution in [1.82, 2.24) is 9.97 Å². The Labute approximate surface area is 134 Å². The highest BCUT2D eigenvalue weighted by Gasteiger charge is 2.19. The molecule has 0 saturated carbocycles. The van der Waals surface area contributed by atoms with Gasteiger partial charge in [0.05, 0.1) is 5.69 Å². The van der Waals surface area contributed by atoms with Gasteiger partial charge in [0.1, 0.15) is 0 Å². The molecule has 23 heavy (non-hydrogen) atoms. The second-order valence-electron chi connectivity index (χ2n) is 5.51. The molecule has 120 valence electrons. The number of hydrogen-bond donors (Lipinski definition) is 2. The van der Waals surface area contributed by atoms with Gasteiger partial charge in [0.25, 0.3) is 0 Å². The summed E-state index contributed by atoms with van der Waals surface area (Å²) in [5, 5.41) is 12.0. The lowest BCUT2D eigenvalue weighted by Crippen LogP contribution is -2.17. The summed E-state index contributed by atoms with van der Waals surface area (Å²) in [6, 6.07) is 9.97. The molecule has 6 nitrogen and oxygen atoms in total. The van der Waals surface area contributed by atoms with Crippen molar-refractivity contribution >= 4 is 11.9 Å². The Hall–Kier alpha value is -2.63. The van der Waals surface area contributed by atoms with E-state index < -0.39 is 5.97 Å². The summed E-state index contributed by atoms with van der Waals surface area (Å²) in [4.78, 5) is 19.7. The van der Waals surface area contributed by atoms with Crippen LogP contribution >= 0.6 is 0 Å². The number of rotatable bonds is 6. The molecule has 0 amide bonds. The topological polar surface area (TPSA) is 84.3 Å². The number of fused-ring (bicyclic) bond motifs is 1. The number of nitrogens with one attached hydrogen (secondary N) is 1. The van der Waals surface area contributed by atoms with E-state index in [1.807, 2.05) is 30.3 Å². The van der Waals surface area contributed by atoms with Crippen molar-refractivity contribution in [3.8, 4) is 5.88 Å². The number of carboxylic acid groups (broad SMARTS) is 1. The van der Waals surface area contributed by atoms with E-state index in [1.54, 1.807) is 0 Å². The van der Waals surface area contributed by atoms with Crippen LogP contribution in [0.4, 0.5) is 5.95 Å². The van der Waals surface area contributed by atoms with E-state index in [1.165, 1.54) is 0 Å². The minimum atomic E-state index is -1.01. The Morgan fingerprint density at radius 3 is 2.74 bits per heavy atom. The van der Waals surface area contributed by atoms with Crippen LogP contribution in [0.5, 0.6) is 5.88 Å². The zero-order valence-electron chi connectivity index (χ0n) is 12.8. The molecule has 1 aliphatic carbocycles. The first-order valence-electron chi connectivity index (χ1n) is 7.74. The van der Waals surface area contributed by atoms with Crippen molar-refractivity contribution in [2.75, 3.05) is 11.9 Å². The number of carbonyl (C=O) groups is 1. The van der Waals surface area contributed by atoms with Crippen LogP contribution in [0.25, 0.3) is 0 Å². The van der Waals surface area contributed by atoms with Crippen LogP contribution in [0.2, 0.25) is 0 Å². The predicted octanol–water partition coefficient (Wildman–Crippen LogP) is 2.43. The Bertz CT molecular complexity index is 689. The van der Waals surface area contributed by atoms with Gasteiger partial charge >= 0.3 is 5.97 Å². The van der Waals surface area contributed by atoms with E-state index in [0.29, 0.717) is 18.4 Å². The monoisotopic (exact) mass is 313 g/mol. The number of aryl methyl sites for hydroxylation is 1. The van der Waals surface area contributed by atoms with Gasteiger partial charge in [-0.25, -0.2) is 9.78 Å². The number of ether oxygens (including phenoxy) is 1. The molecular weight excluding hydrogens is 294 g/mol. The zero-order chi connectivity index (χ0) is 16.1. The van der Waals surface area contributed by atoms with Gasteiger partial charge < -0.3 is 15.2 Å². The van der Waals surface area contributed by atoms with Gasteiger partial charge in [0.2, 0.25) is 11.8 Å². The average molecular weight is 313 g/mol. The van der Waals surface area contributed by atoms with Crippen LogP contribution in [0.15, 0.2) is 30.3 Å². The van der Waals surface area contributed by atoms with E-state index in [0.717, 1.165) is 42.5 Å². The summed E-state index contributed by atoms with van der Waals surface area (Å²) in [7, 11) is 0. The molecule has 0 aliphatic heterocycles. The Balaban J connectivity index is 1.79. The maximum absolute atomic E-state index is 10.8. The molecule has 1 aromatic carbocycles. The molecule has 0 unspecified atom stereocenters. The van der Waals surface area contributed by atoms with Gasteiger partial charge in [-0.05, 0) is 31.2 Å². The molecule has 1 aromatic heterocycles. The van der Waals surface area contributed by atoms with Crippen LogP contribution in [0.3, 0.4) is 0 Å². The summed E-state index contributed by atoms with van der Waals surface area (Å²) >= 11 is 0. The number of nitrogens with zero attached hydrogens (tertiary/aromatic N) is 2. The molecule has 2 N–H and O–H groups in total. The van der Waals surface area contributed by atoms with E-state index >= 15 is 0 Å². The lowest BCUT2D eigenvalue weighted by Gasteiger charge is -2.19. The second-order valence-corrected chi connectivity index (χ2v) is 5.51. The minimum absolute atomic E-state index is 0.387. The molecule has 1 heterocycles. The Morgan fingerprint density at radius 1 is 1.17 bits per heavy atom. The summed E-state index contributed by atoms with van der Waals surface area (Å²) < 4.78 is 5.37. The quantitative estimate of drug-likeness (QED) is 0.852. The lowest BCUT2D eigenvalue weighted by molar-refractivity contribution is -0.139. The molecule has 0 fully saturated rings. The van der Waals surface area contributed by atoms with Crippen molar-refractivity contribution < 1.29 is 14.6 Å². The number of carboxylic acids is 1. The SMILES string of the molecule is O=C(O)COc1nc(NCc2ccccc2)nc2c1CCCC2. The highest BCUT2D eigenvalue weighted by molar-refractivity contribution is 5.68. The largest absolute Gasteiger partial charge is 0.479 e. The summed E-state index contributed by atoms with van der Waals surface area (Å²) in [6.07, 6.45) is 3.85. The molecule has 3 rings (SSSR count). The van der Waals surface area contributed by atoms with Crippen molar-refractivity contribution in [1.29, 1.82) is 0 Å². The third-order valence-electron chi connectivity index (χ3n) is 3.77. The van der Waals surface area contributed by atoms with Crippen LogP contribution in [-0.2, 0) is 24.2 Å². The van der Waals surface area contributed by atoms with Gasteiger partial charge in [-0.3, -0.25) is 0 Å². The number of anilines is 1. The fourth-order valence-electron chi connectivity index (χ4n) is 2.67. The standard InChI is InChI=1S/C17H19N3O3/c21-15(22)11-23-16-13-8-4-5-9-14(13)19-17(20-16)18-10-12-6-2-1-3-7-12/h1-3,6-7H,4-5,8-11H2,(H,21,22)(H,18,19,20). The van der Waals surface area contributed by atoms with Gasteiger partial charge in [0.15, 0.2) is 6.61 Å². The van der Waals surface area contributed by atoms with E-state index in [9.17, 15) is 4.79 Å². The zero-order valence-corrected chi connectivity index (χ0v) is 12.8. The molecule has 0 saturated heterocycles. The molecule has 0 bridgehead atoms. The van der Waals surface area contributed by atoms with Crippen LogP contribution in [-0.4, -0.2) is 27.7 Å². The Morgan fingerprint density at radius 2 is 1.96 bits per heavy atom. The second kappa shape index (κ2) is 7.09. The first kappa shape index (κ1) is 15.3. The van der Waals surface area contributed by atoms with Gasteiger partial charge in [0, 0.05) is 12.1 Å². The fourth-order valence-corrected chi connectivity index (χ4v) is 2.67. The fraction of sp³-hybridized carbons (Fsp3) is 0.353. The van der Waals surface area contributed by atoms with Crippen LogP contribution < -0.4 is 10.1 Å². The normalized spacial score (nSPS) is 13.2. The predicted molar refractivity (Wildman–Crippen MR) is 85.6 cm³/mol. The molecule has 6 heteroatoms. The molecule has 2 aromatic rings. The number of hydrogen-bond acceptors (Lipinski definition) is 5. The molecule has 0 spiro atoms. The first-order chi connectivity index (χ1) is 11.2. The maximum Gasteiger partial charge on any atom is 0.341 e. The van der Waals surface area contributed by atoms with Gasteiger partial charge in [-0.2, -0.15) is 4.98 Å². The summed E-state index contributed by atoms with van der Waals surface area (Å²) in [6.45, 7) is 0.222. The smallest absolute Gasteiger partial charge is 0.341 e. The number of benzene rings is 1. The van der Waals surface area contributed by atoms with E-state index in [4.69, 9.17) is 9.84 Å². The molecule has 0 atom stereocenters. The van der Waals surface area contributed by atoms with Crippen molar-refractivity contribution in [2.24, 2.45) is 0 Å². The third-order valence-corrected chi connectivity index (χ3v) is 3.77.